The highest BCUT2D eigenvalue weighted by Crippen LogP contribution is 2.40. The zero-order chi connectivity index (χ0) is 27.4. The molecule has 0 radical (unpaired) electrons. The number of nitrogens with zero attached hydrogens (tertiary/aromatic N) is 2. The second kappa shape index (κ2) is 12.2. The summed E-state index contributed by atoms with van der Waals surface area (Å²) in [6, 6.07) is 21.8. The Morgan fingerprint density at radius 1 is 1.00 bits per heavy atom. The Kier molecular flexibility index (Phi) is 8.45. The van der Waals surface area contributed by atoms with Gasteiger partial charge in [-0.25, -0.2) is 0 Å². The van der Waals surface area contributed by atoms with Gasteiger partial charge in [-0.05, 0) is 60.0 Å². The maximum absolute atomic E-state index is 13.3. The maximum Gasteiger partial charge on any atom is 0.295 e. The van der Waals surface area contributed by atoms with Gasteiger partial charge in [-0.3, -0.25) is 14.5 Å². The number of halogens is 1. The van der Waals surface area contributed by atoms with Crippen LogP contribution < -0.4 is 4.74 Å². The molecule has 7 nitrogen and oxygen atoms in total. The Labute approximate surface area is 236 Å². The fourth-order valence-electron chi connectivity index (χ4n) is 5.01. The summed E-state index contributed by atoms with van der Waals surface area (Å²) in [6.07, 6.45) is 0. The second-order valence-corrected chi connectivity index (χ2v) is 10.7. The molecular weight excluding hydrogens is 560 g/mol. The average molecular weight is 592 g/mol. The number of ketones is 1. The third-order valence-electron chi connectivity index (χ3n) is 7.25. The van der Waals surface area contributed by atoms with E-state index in [-0.39, 0.29) is 11.3 Å². The summed E-state index contributed by atoms with van der Waals surface area (Å²) in [4.78, 5) is 30.4. The lowest BCUT2D eigenvalue weighted by Gasteiger charge is -2.31. The van der Waals surface area contributed by atoms with Gasteiger partial charge in [-0.2, -0.15) is 0 Å². The Hall–Kier alpha value is -3.46. The molecule has 202 valence electrons. The van der Waals surface area contributed by atoms with Crippen LogP contribution in [0.25, 0.3) is 5.76 Å². The Balaban J connectivity index is 1.42. The number of Topliss-reactive ketones (excluding diaryl/α,β-unsaturated/α-hetero) is 1. The Bertz CT molecular complexity index is 1380. The standard InChI is InChI=1S/C31H31BrN2O5/c1-21-5-2-3-6-24(21)20-39-26-11-9-22(10-12-26)29(35)27-28(23-7-4-8-25(32)19-23)34(31(37)30(27)36)14-13-33-15-17-38-18-16-33/h2-12,19,28,35H,13-18,20H2,1H3. The van der Waals surface area contributed by atoms with Crippen LogP contribution in [0.2, 0.25) is 0 Å². The molecule has 0 bridgehead atoms. The number of carbonyl (C=O) groups excluding carboxylic acids is 2. The van der Waals surface area contributed by atoms with Crippen LogP contribution >= 0.6 is 15.9 Å². The minimum absolute atomic E-state index is 0.0913. The molecule has 39 heavy (non-hydrogen) atoms. The lowest BCUT2D eigenvalue weighted by molar-refractivity contribution is -0.140. The molecule has 0 aromatic heterocycles. The molecule has 2 aliphatic heterocycles. The fraction of sp³-hybridized carbons (Fsp3) is 0.290. The molecule has 0 aliphatic carbocycles. The van der Waals surface area contributed by atoms with Crippen molar-refractivity contribution in [2.45, 2.75) is 19.6 Å². The average Bonchev–Trinajstić information content (AvgIpc) is 3.21. The Morgan fingerprint density at radius 3 is 2.46 bits per heavy atom. The first kappa shape index (κ1) is 27.1. The molecule has 2 heterocycles. The monoisotopic (exact) mass is 590 g/mol. The van der Waals surface area contributed by atoms with Crippen molar-refractivity contribution < 1.29 is 24.2 Å². The smallest absolute Gasteiger partial charge is 0.295 e. The molecule has 1 atom stereocenters. The molecule has 2 aliphatic rings. The summed E-state index contributed by atoms with van der Waals surface area (Å²) in [5.74, 6) is -0.839. The first-order valence-electron chi connectivity index (χ1n) is 13.0. The number of amides is 1. The number of aryl methyl sites for hydroxylation is 1. The van der Waals surface area contributed by atoms with Crippen LogP contribution in [0.5, 0.6) is 5.75 Å². The van der Waals surface area contributed by atoms with E-state index in [0.717, 1.165) is 34.3 Å². The maximum atomic E-state index is 13.3. The summed E-state index contributed by atoms with van der Waals surface area (Å²) >= 11 is 3.50. The number of carbonyl (C=O) groups is 2. The van der Waals surface area contributed by atoms with Gasteiger partial charge in [0.15, 0.2) is 0 Å². The molecule has 5 rings (SSSR count). The molecule has 8 heteroatoms. The third kappa shape index (κ3) is 6.08. The summed E-state index contributed by atoms with van der Waals surface area (Å²) in [5, 5.41) is 11.4. The number of likely N-dealkylation sites (tertiary alicyclic amines) is 1. The van der Waals surface area contributed by atoms with Crippen LogP contribution in [0.15, 0.2) is 82.8 Å². The van der Waals surface area contributed by atoms with Gasteiger partial charge >= 0.3 is 0 Å². The molecule has 1 unspecified atom stereocenters. The predicted molar refractivity (Wildman–Crippen MR) is 152 cm³/mol. The van der Waals surface area contributed by atoms with Gasteiger partial charge in [0.05, 0.1) is 24.8 Å². The van der Waals surface area contributed by atoms with Crippen molar-refractivity contribution in [3.8, 4) is 5.75 Å². The van der Waals surface area contributed by atoms with Gasteiger partial charge in [-0.15, -0.1) is 0 Å². The molecule has 3 aromatic rings. The van der Waals surface area contributed by atoms with Gasteiger partial charge in [0.2, 0.25) is 0 Å². The number of aliphatic hydroxyl groups excluding tert-OH is 1. The number of rotatable bonds is 8. The van der Waals surface area contributed by atoms with E-state index in [9.17, 15) is 14.7 Å². The van der Waals surface area contributed by atoms with E-state index in [4.69, 9.17) is 9.47 Å². The third-order valence-corrected chi connectivity index (χ3v) is 7.74. The van der Waals surface area contributed by atoms with Crippen molar-refractivity contribution in [1.29, 1.82) is 0 Å². The van der Waals surface area contributed by atoms with E-state index in [1.807, 2.05) is 55.5 Å². The lowest BCUT2D eigenvalue weighted by Crippen LogP contribution is -2.42. The summed E-state index contributed by atoms with van der Waals surface area (Å²) in [7, 11) is 0. The van der Waals surface area contributed by atoms with Crippen LogP contribution in [0.3, 0.4) is 0 Å². The minimum Gasteiger partial charge on any atom is -0.507 e. The minimum atomic E-state index is -0.694. The number of hydrogen-bond donors (Lipinski definition) is 1. The SMILES string of the molecule is Cc1ccccc1COc1ccc(C(O)=C2C(=O)C(=O)N(CCN3CCOCC3)C2c2cccc(Br)c2)cc1. The van der Waals surface area contributed by atoms with E-state index in [0.29, 0.717) is 44.2 Å². The van der Waals surface area contributed by atoms with E-state index in [1.54, 1.807) is 29.2 Å². The molecule has 0 spiro atoms. The van der Waals surface area contributed by atoms with Crippen molar-refractivity contribution in [2.75, 3.05) is 39.4 Å². The fourth-order valence-corrected chi connectivity index (χ4v) is 5.42. The number of hydrogen-bond acceptors (Lipinski definition) is 6. The molecule has 1 amide bonds. The van der Waals surface area contributed by atoms with Gasteiger partial charge in [0, 0.05) is 36.2 Å². The first-order valence-corrected chi connectivity index (χ1v) is 13.8. The van der Waals surface area contributed by atoms with Gasteiger partial charge in [-0.1, -0.05) is 52.3 Å². The predicted octanol–water partition coefficient (Wildman–Crippen LogP) is 5.09. The van der Waals surface area contributed by atoms with Gasteiger partial charge < -0.3 is 19.5 Å². The largest absolute Gasteiger partial charge is 0.507 e. The van der Waals surface area contributed by atoms with Crippen molar-refractivity contribution in [3.05, 3.63) is 105 Å². The van der Waals surface area contributed by atoms with Crippen LogP contribution in [0, 0.1) is 6.92 Å². The van der Waals surface area contributed by atoms with Crippen LogP contribution in [0.4, 0.5) is 0 Å². The molecule has 2 fully saturated rings. The molecule has 3 aromatic carbocycles. The van der Waals surface area contributed by atoms with Gasteiger partial charge in [0.1, 0.15) is 18.1 Å². The van der Waals surface area contributed by atoms with Gasteiger partial charge in [0.25, 0.3) is 11.7 Å². The number of morpholine rings is 1. The van der Waals surface area contributed by atoms with Crippen molar-refractivity contribution in [3.63, 3.8) is 0 Å². The second-order valence-electron chi connectivity index (χ2n) is 9.74. The summed E-state index contributed by atoms with van der Waals surface area (Å²) in [6.45, 7) is 6.32. The van der Waals surface area contributed by atoms with E-state index < -0.39 is 17.7 Å². The summed E-state index contributed by atoms with van der Waals surface area (Å²) < 4.78 is 12.2. The van der Waals surface area contributed by atoms with Crippen molar-refractivity contribution in [2.24, 2.45) is 0 Å². The quantitative estimate of drug-likeness (QED) is 0.224. The highest BCUT2D eigenvalue weighted by Gasteiger charge is 2.46. The highest BCUT2D eigenvalue weighted by molar-refractivity contribution is 9.10. The zero-order valence-corrected chi connectivity index (χ0v) is 23.4. The highest BCUT2D eigenvalue weighted by atomic mass is 79.9. The normalized spacial score (nSPS) is 19.4. The molecule has 2 saturated heterocycles. The van der Waals surface area contributed by atoms with E-state index in [2.05, 4.69) is 20.8 Å². The van der Waals surface area contributed by atoms with Crippen LogP contribution in [-0.2, 0) is 20.9 Å². The van der Waals surface area contributed by atoms with E-state index in [1.165, 1.54) is 0 Å². The number of ether oxygens (including phenoxy) is 2. The van der Waals surface area contributed by atoms with Crippen molar-refractivity contribution >= 4 is 33.4 Å². The van der Waals surface area contributed by atoms with Crippen molar-refractivity contribution in [1.82, 2.24) is 9.80 Å². The van der Waals surface area contributed by atoms with Crippen LogP contribution in [-0.4, -0.2) is 66.0 Å². The zero-order valence-electron chi connectivity index (χ0n) is 21.8. The lowest BCUT2D eigenvalue weighted by atomic mass is 9.95. The molecule has 0 saturated carbocycles. The van der Waals surface area contributed by atoms with Crippen LogP contribution in [0.1, 0.15) is 28.3 Å². The number of benzene rings is 3. The molecule has 1 N–H and O–H groups in total. The first-order chi connectivity index (χ1) is 18.9. The molecular formula is C31H31BrN2O5. The Morgan fingerprint density at radius 2 is 1.74 bits per heavy atom. The van der Waals surface area contributed by atoms with E-state index >= 15 is 0 Å². The topological polar surface area (TPSA) is 79.3 Å². The summed E-state index contributed by atoms with van der Waals surface area (Å²) in [5.41, 5.74) is 3.54. The number of aliphatic hydroxyl groups is 1.